The number of halogens is 3. The molecule has 0 radical (unpaired) electrons. The van der Waals surface area contributed by atoms with E-state index in [-0.39, 0.29) is 0 Å². The van der Waals surface area contributed by atoms with Gasteiger partial charge in [-0.2, -0.15) is 25.3 Å². The molecule has 1 aromatic rings. The zero-order valence-electron chi connectivity index (χ0n) is 7.96. The van der Waals surface area contributed by atoms with Crippen molar-refractivity contribution in [3.8, 4) is 0 Å². The fraction of sp³-hybridized carbons (Fsp3) is 0.143. The van der Waals surface area contributed by atoms with Crippen molar-refractivity contribution in [1.29, 1.82) is 0 Å². The largest absolute Gasteiger partial charge is 0.517 e. The lowest BCUT2D eigenvalue weighted by Gasteiger charge is -2.20. The zero-order valence-corrected chi connectivity index (χ0v) is 9.59. The van der Waals surface area contributed by atoms with Gasteiger partial charge in [0.15, 0.2) is 0 Å². The first-order chi connectivity index (χ1) is 7.68. The summed E-state index contributed by atoms with van der Waals surface area (Å²) in [5.74, 6) is 0. The second-order valence-electron chi connectivity index (χ2n) is 2.74. The number of anilines is 1. The van der Waals surface area contributed by atoms with Crippen LogP contribution in [-0.4, -0.2) is 22.7 Å². The molecule has 1 rings (SSSR count). The second-order valence-corrected chi connectivity index (χ2v) is 5.58. The van der Waals surface area contributed by atoms with Crippen LogP contribution < -0.4 is 3.71 Å². The van der Waals surface area contributed by atoms with Crippen LogP contribution in [0.1, 0.15) is 0 Å². The van der Waals surface area contributed by atoms with E-state index in [1.165, 1.54) is 18.2 Å². The fourth-order valence-corrected chi connectivity index (χ4v) is 2.77. The van der Waals surface area contributed by atoms with Crippen molar-refractivity contribution in [1.82, 2.24) is 0 Å². The molecule has 5 nitrogen and oxygen atoms in total. The van der Waals surface area contributed by atoms with Crippen LogP contribution in [0.2, 0.25) is 0 Å². The number of hydrogen-bond donors (Lipinski definition) is 1. The van der Waals surface area contributed by atoms with E-state index in [1.54, 1.807) is 0 Å². The minimum atomic E-state index is -5.91. The molecule has 0 bridgehead atoms. The van der Waals surface area contributed by atoms with Gasteiger partial charge in [0.05, 0.1) is 5.69 Å². The maximum absolute atomic E-state index is 12.3. The van der Waals surface area contributed by atoms with Gasteiger partial charge in [-0.05, 0) is 12.1 Å². The molecule has 17 heavy (non-hydrogen) atoms. The summed E-state index contributed by atoms with van der Waals surface area (Å²) in [4.78, 5) is 0. The van der Waals surface area contributed by atoms with Gasteiger partial charge in [0.1, 0.15) is 0 Å². The predicted octanol–water partition coefficient (Wildman–Crippen LogP) is 1.48. The van der Waals surface area contributed by atoms with E-state index in [4.69, 9.17) is 4.55 Å². The first-order valence-corrected chi connectivity index (χ1v) is 6.46. The summed E-state index contributed by atoms with van der Waals surface area (Å²) in [6.45, 7) is 0. The van der Waals surface area contributed by atoms with Crippen molar-refractivity contribution in [2.45, 2.75) is 5.51 Å². The van der Waals surface area contributed by atoms with Crippen molar-refractivity contribution in [2.24, 2.45) is 0 Å². The van der Waals surface area contributed by atoms with Gasteiger partial charge in [-0.15, -0.1) is 0 Å². The predicted molar refractivity (Wildman–Crippen MR) is 54.7 cm³/mol. The molecule has 0 saturated heterocycles. The highest BCUT2D eigenvalue weighted by Gasteiger charge is 2.52. The number of nitrogens with zero attached hydrogens (tertiary/aromatic N) is 1. The highest BCUT2D eigenvalue weighted by molar-refractivity contribution is 8.06. The van der Waals surface area contributed by atoms with Gasteiger partial charge in [-0.3, -0.25) is 4.55 Å². The molecule has 0 spiro atoms. The molecule has 0 amide bonds. The number of alkyl halides is 3. The molecule has 1 N–H and O–H groups in total. The average Bonchev–Trinajstić information content (AvgIpc) is 2.16. The van der Waals surface area contributed by atoms with E-state index < -0.39 is 36.2 Å². The molecule has 0 heterocycles. The molecule has 0 aliphatic carbocycles. The maximum Gasteiger partial charge on any atom is 0.517 e. The van der Waals surface area contributed by atoms with Crippen molar-refractivity contribution in [2.75, 3.05) is 3.71 Å². The molecule has 0 aliphatic heterocycles. The van der Waals surface area contributed by atoms with E-state index >= 15 is 0 Å². The summed E-state index contributed by atoms with van der Waals surface area (Å²) in [6, 6.07) is 5.83. The van der Waals surface area contributed by atoms with Crippen LogP contribution in [0.3, 0.4) is 0 Å². The second kappa shape index (κ2) is 4.63. The highest BCUT2D eigenvalue weighted by Crippen LogP contribution is 2.31. The first kappa shape index (κ1) is 13.9. The lowest BCUT2D eigenvalue weighted by atomic mass is 10.3. The molecule has 96 valence electrons. The van der Waals surface area contributed by atoms with Gasteiger partial charge in [0.25, 0.3) is 11.3 Å². The topological polar surface area (TPSA) is 74.7 Å². The van der Waals surface area contributed by atoms with Crippen LogP contribution in [0.25, 0.3) is 0 Å². The first-order valence-electron chi connectivity index (χ1n) is 3.95. The Morgan fingerprint density at radius 2 is 1.65 bits per heavy atom. The smallest absolute Gasteiger partial charge is 0.288 e. The zero-order chi connectivity index (χ0) is 13.3. The van der Waals surface area contributed by atoms with Gasteiger partial charge >= 0.3 is 15.5 Å². The van der Waals surface area contributed by atoms with Crippen molar-refractivity contribution >= 4 is 27.0 Å². The third-order valence-corrected chi connectivity index (χ3v) is 4.32. The van der Waals surface area contributed by atoms with Crippen LogP contribution in [-0.2, 0) is 21.3 Å². The summed E-state index contributed by atoms with van der Waals surface area (Å²) in [6.07, 6.45) is 0. The van der Waals surface area contributed by atoms with Crippen LogP contribution in [0.4, 0.5) is 18.9 Å². The Kier molecular flexibility index (Phi) is 3.79. The Labute approximate surface area is 97.3 Å². The third-order valence-electron chi connectivity index (χ3n) is 1.62. The normalized spacial score (nSPS) is 14.4. The third kappa shape index (κ3) is 2.76. The van der Waals surface area contributed by atoms with E-state index in [1.807, 2.05) is 0 Å². The Bertz CT molecular complexity index is 514. The van der Waals surface area contributed by atoms with Crippen molar-refractivity contribution < 1.29 is 30.4 Å². The molecule has 0 fully saturated rings. The van der Waals surface area contributed by atoms with Crippen LogP contribution in [0.15, 0.2) is 30.3 Å². The number of rotatable bonds is 3. The minimum absolute atomic E-state index is 0.550. The van der Waals surface area contributed by atoms with E-state index in [0.717, 1.165) is 12.1 Å². The molecule has 0 saturated carbocycles. The Balaban J connectivity index is 3.36. The lowest BCUT2D eigenvalue weighted by Crippen LogP contribution is -2.41. The Hall–Kier alpha value is -1.13. The maximum atomic E-state index is 12.3. The van der Waals surface area contributed by atoms with Gasteiger partial charge in [0, 0.05) is 0 Å². The van der Waals surface area contributed by atoms with Crippen LogP contribution >= 0.6 is 0 Å². The Morgan fingerprint density at radius 3 is 2.00 bits per heavy atom. The SMILES string of the molecule is O=S(O)N(c1ccccc1)S(=O)(=O)C(F)(F)F. The molecular weight excluding hydrogens is 283 g/mol. The van der Waals surface area contributed by atoms with Crippen molar-refractivity contribution in [3.63, 3.8) is 0 Å². The molecule has 10 heteroatoms. The quantitative estimate of drug-likeness (QED) is 0.855. The van der Waals surface area contributed by atoms with E-state index in [2.05, 4.69) is 0 Å². The molecular formula is C7H6F3NO4S2. The van der Waals surface area contributed by atoms with Crippen LogP contribution in [0, 0.1) is 0 Å². The number of sulfonamides is 1. The summed E-state index contributed by atoms with van der Waals surface area (Å²) < 4.78 is 77.7. The van der Waals surface area contributed by atoms with E-state index in [0.29, 0.717) is 0 Å². The summed E-state index contributed by atoms with van der Waals surface area (Å²) in [5, 5.41) is 0. The number of benzene rings is 1. The fourth-order valence-electron chi connectivity index (χ4n) is 0.957. The highest BCUT2D eigenvalue weighted by atomic mass is 32.3. The van der Waals surface area contributed by atoms with Gasteiger partial charge in [-0.1, -0.05) is 18.2 Å². The van der Waals surface area contributed by atoms with Gasteiger partial charge < -0.3 is 0 Å². The monoisotopic (exact) mass is 289 g/mol. The lowest BCUT2D eigenvalue weighted by molar-refractivity contribution is -0.0434. The summed E-state index contributed by atoms with van der Waals surface area (Å²) >= 11 is -3.34. The standard InChI is InChI=1S/C7H6F3NO4S2/c8-7(9,10)17(14,15)11(16(12)13)6-4-2-1-3-5-6/h1-5H,(H,12,13). The summed E-state index contributed by atoms with van der Waals surface area (Å²) in [7, 11) is -5.91. The molecule has 1 aromatic carbocycles. The van der Waals surface area contributed by atoms with Crippen molar-refractivity contribution in [3.05, 3.63) is 30.3 Å². The van der Waals surface area contributed by atoms with Gasteiger partial charge in [-0.25, -0.2) is 4.21 Å². The molecule has 1 atom stereocenters. The molecule has 0 aromatic heterocycles. The van der Waals surface area contributed by atoms with Gasteiger partial charge in [0.2, 0.25) is 0 Å². The molecule has 1 unspecified atom stereocenters. The van der Waals surface area contributed by atoms with Crippen LogP contribution in [0.5, 0.6) is 0 Å². The molecule has 0 aliphatic rings. The minimum Gasteiger partial charge on any atom is -0.288 e. The van der Waals surface area contributed by atoms with E-state index in [9.17, 15) is 25.8 Å². The number of para-hydroxylation sites is 1. The average molecular weight is 289 g/mol. The Morgan fingerprint density at radius 1 is 1.18 bits per heavy atom. The summed E-state index contributed by atoms with van der Waals surface area (Å²) in [5.41, 5.74) is -6.20. The number of hydrogen-bond acceptors (Lipinski definition) is 3.